The van der Waals surface area contributed by atoms with Crippen LogP contribution in [0.25, 0.3) is 0 Å². The Morgan fingerprint density at radius 3 is 2.65 bits per heavy atom. The van der Waals surface area contributed by atoms with Crippen LogP contribution in [-0.2, 0) is 25.9 Å². The quantitative estimate of drug-likeness (QED) is 0.420. The van der Waals surface area contributed by atoms with Crippen molar-refractivity contribution in [3.8, 4) is 5.75 Å². The van der Waals surface area contributed by atoms with Gasteiger partial charge in [0.15, 0.2) is 9.84 Å². The Bertz CT molecular complexity index is 1120. The second-order valence-electron chi connectivity index (χ2n) is 7.71. The van der Waals surface area contributed by atoms with E-state index in [4.69, 9.17) is 21.1 Å². The maximum Gasteiger partial charge on any atom is 0.248 e. The van der Waals surface area contributed by atoms with Crippen molar-refractivity contribution in [2.75, 3.05) is 52.9 Å². The van der Waals surface area contributed by atoms with Gasteiger partial charge in [-0.15, -0.1) is 0 Å². The van der Waals surface area contributed by atoms with Gasteiger partial charge < -0.3 is 25.0 Å². The lowest BCUT2D eigenvalue weighted by Gasteiger charge is -2.17. The summed E-state index contributed by atoms with van der Waals surface area (Å²) in [5.41, 5.74) is 2.03. The Morgan fingerprint density at radius 1 is 1.24 bits per heavy atom. The SMILES string of the molecule is COc1ccc(S(=O)(=O)CNCCOCC(=O)N(C)Cc2ccc(C3=NCCN3)cc2)c(Cl)c1. The molecular weight excluding hydrogens is 480 g/mol. The van der Waals surface area contributed by atoms with Gasteiger partial charge in [-0.1, -0.05) is 35.9 Å². The molecule has 0 saturated carbocycles. The number of amidine groups is 1. The van der Waals surface area contributed by atoms with Crippen LogP contribution in [0.1, 0.15) is 11.1 Å². The summed E-state index contributed by atoms with van der Waals surface area (Å²) in [5.74, 6) is 0.920. The molecule has 0 atom stereocenters. The van der Waals surface area contributed by atoms with Crippen molar-refractivity contribution in [3.63, 3.8) is 0 Å². The number of carbonyl (C=O) groups excluding carboxylic acids is 1. The number of rotatable bonds is 12. The van der Waals surface area contributed by atoms with E-state index in [1.54, 1.807) is 18.0 Å². The first-order valence-corrected chi connectivity index (χ1v) is 12.8. The highest BCUT2D eigenvalue weighted by atomic mass is 35.5. The number of aliphatic imine (C=N–C) groups is 1. The fourth-order valence-electron chi connectivity index (χ4n) is 3.28. The van der Waals surface area contributed by atoms with Gasteiger partial charge in [0.1, 0.15) is 24.1 Å². The Kier molecular flexibility index (Phi) is 9.28. The minimum Gasteiger partial charge on any atom is -0.497 e. The summed E-state index contributed by atoms with van der Waals surface area (Å²) in [6.45, 7) is 2.47. The van der Waals surface area contributed by atoms with Crippen molar-refractivity contribution < 1.29 is 22.7 Å². The van der Waals surface area contributed by atoms with Crippen molar-refractivity contribution in [3.05, 3.63) is 58.6 Å². The first-order valence-electron chi connectivity index (χ1n) is 10.8. The van der Waals surface area contributed by atoms with Crippen LogP contribution >= 0.6 is 11.6 Å². The molecule has 0 radical (unpaired) electrons. The van der Waals surface area contributed by atoms with Crippen molar-refractivity contribution >= 4 is 33.2 Å². The summed E-state index contributed by atoms with van der Waals surface area (Å²) in [6, 6.07) is 12.3. The van der Waals surface area contributed by atoms with Crippen molar-refractivity contribution in [1.82, 2.24) is 15.5 Å². The zero-order chi connectivity index (χ0) is 24.6. The highest BCUT2D eigenvalue weighted by molar-refractivity contribution is 7.91. The van der Waals surface area contributed by atoms with E-state index in [1.807, 2.05) is 24.3 Å². The molecule has 2 N–H and O–H groups in total. The van der Waals surface area contributed by atoms with Gasteiger partial charge in [-0.05, 0) is 17.7 Å². The topological polar surface area (TPSA) is 109 Å². The van der Waals surface area contributed by atoms with Gasteiger partial charge in [-0.3, -0.25) is 9.79 Å². The summed E-state index contributed by atoms with van der Waals surface area (Å²) in [6.07, 6.45) is 0. The van der Waals surface area contributed by atoms with Crippen molar-refractivity contribution in [2.45, 2.75) is 11.4 Å². The lowest BCUT2D eigenvalue weighted by atomic mass is 10.1. The lowest BCUT2D eigenvalue weighted by molar-refractivity contribution is -0.135. The monoisotopic (exact) mass is 508 g/mol. The molecule has 2 aromatic carbocycles. The van der Waals surface area contributed by atoms with Gasteiger partial charge in [0.25, 0.3) is 0 Å². The number of halogens is 1. The highest BCUT2D eigenvalue weighted by Gasteiger charge is 2.18. The van der Waals surface area contributed by atoms with Crippen molar-refractivity contribution in [1.29, 1.82) is 0 Å². The fourth-order valence-corrected chi connectivity index (χ4v) is 5.00. The normalized spacial score (nSPS) is 13.3. The van der Waals surface area contributed by atoms with Gasteiger partial charge in [-0.2, -0.15) is 0 Å². The van der Waals surface area contributed by atoms with Crippen LogP contribution in [0, 0.1) is 0 Å². The molecule has 0 unspecified atom stereocenters. The number of nitrogens with one attached hydrogen (secondary N) is 2. The third kappa shape index (κ3) is 7.17. The Hall–Kier alpha value is -2.66. The number of hydrogen-bond acceptors (Lipinski definition) is 8. The number of sulfone groups is 1. The van der Waals surface area contributed by atoms with Crippen LogP contribution < -0.4 is 15.4 Å². The Morgan fingerprint density at radius 2 is 2.00 bits per heavy atom. The lowest BCUT2D eigenvalue weighted by Crippen LogP contribution is -2.32. The summed E-state index contributed by atoms with van der Waals surface area (Å²) in [5, 5.41) is 6.14. The van der Waals surface area contributed by atoms with Crippen LogP contribution in [0.15, 0.2) is 52.4 Å². The molecule has 184 valence electrons. The maximum absolute atomic E-state index is 12.5. The summed E-state index contributed by atoms with van der Waals surface area (Å²) in [4.78, 5) is 18.3. The first-order chi connectivity index (χ1) is 16.3. The second kappa shape index (κ2) is 12.2. The molecular formula is C23H29ClN4O5S. The third-order valence-electron chi connectivity index (χ3n) is 5.16. The average molecular weight is 509 g/mol. The standard InChI is InChI=1S/C23H29ClN4O5S/c1-28(14-17-3-5-18(6-4-17)23-26-9-10-27-23)22(29)15-33-12-11-25-16-34(30,31)21-8-7-19(32-2)13-20(21)24/h3-8,13,25H,9-12,14-16H2,1-2H3,(H,26,27). The van der Waals surface area contributed by atoms with Gasteiger partial charge in [0, 0.05) is 38.3 Å². The fraction of sp³-hybridized carbons (Fsp3) is 0.391. The summed E-state index contributed by atoms with van der Waals surface area (Å²) >= 11 is 6.05. The molecule has 3 rings (SSSR count). The molecule has 1 aliphatic rings. The van der Waals surface area contributed by atoms with Crippen molar-refractivity contribution in [2.24, 2.45) is 4.99 Å². The van der Waals surface area contributed by atoms with Crippen LogP contribution in [-0.4, -0.2) is 77.9 Å². The van der Waals surface area contributed by atoms with Gasteiger partial charge in [0.05, 0.1) is 30.2 Å². The molecule has 0 saturated heterocycles. The van der Waals surface area contributed by atoms with Gasteiger partial charge in [-0.25, -0.2) is 8.42 Å². The van der Waals surface area contributed by atoms with Gasteiger partial charge in [0.2, 0.25) is 5.91 Å². The van der Waals surface area contributed by atoms with Crippen LogP contribution in [0.2, 0.25) is 5.02 Å². The van der Waals surface area contributed by atoms with E-state index in [0.29, 0.717) is 12.3 Å². The Labute approximate surface area is 205 Å². The minimum absolute atomic E-state index is 0.0284. The molecule has 0 spiro atoms. The third-order valence-corrected chi connectivity index (χ3v) is 7.20. The van der Waals surface area contributed by atoms with Gasteiger partial charge >= 0.3 is 0 Å². The van der Waals surface area contributed by atoms with E-state index < -0.39 is 9.84 Å². The number of methoxy groups -OCH3 is 1. The van der Waals surface area contributed by atoms with E-state index in [9.17, 15) is 13.2 Å². The smallest absolute Gasteiger partial charge is 0.248 e. The molecule has 34 heavy (non-hydrogen) atoms. The minimum atomic E-state index is -3.62. The number of ether oxygens (including phenoxy) is 2. The highest BCUT2D eigenvalue weighted by Crippen LogP contribution is 2.26. The largest absolute Gasteiger partial charge is 0.497 e. The molecule has 9 nitrogen and oxygen atoms in total. The van der Waals surface area contributed by atoms with Crippen LogP contribution in [0.3, 0.4) is 0 Å². The number of amides is 1. The summed E-state index contributed by atoms with van der Waals surface area (Å²) in [7, 11) is -0.425. The predicted octanol–water partition coefficient (Wildman–Crippen LogP) is 1.69. The Balaban J connectivity index is 1.35. The first kappa shape index (κ1) is 26.0. The zero-order valence-electron chi connectivity index (χ0n) is 19.2. The number of likely N-dealkylation sites (N-methyl/N-ethyl adjacent to an activating group) is 1. The molecule has 0 aromatic heterocycles. The van der Waals surface area contributed by atoms with E-state index >= 15 is 0 Å². The van der Waals surface area contributed by atoms with E-state index in [1.165, 1.54) is 19.2 Å². The molecule has 1 heterocycles. The molecule has 1 aliphatic heterocycles. The molecule has 11 heteroatoms. The molecule has 2 aromatic rings. The maximum atomic E-state index is 12.5. The number of nitrogens with zero attached hydrogens (tertiary/aromatic N) is 2. The van der Waals surface area contributed by atoms with E-state index in [2.05, 4.69) is 15.6 Å². The summed E-state index contributed by atoms with van der Waals surface area (Å²) < 4.78 is 35.3. The zero-order valence-corrected chi connectivity index (χ0v) is 20.8. The molecule has 0 fully saturated rings. The van der Waals surface area contributed by atoms with E-state index in [0.717, 1.165) is 30.1 Å². The predicted molar refractivity (Wildman–Crippen MR) is 131 cm³/mol. The molecule has 0 aliphatic carbocycles. The number of benzene rings is 2. The number of carbonyl (C=O) groups is 1. The van der Waals surface area contributed by atoms with Crippen LogP contribution in [0.4, 0.5) is 0 Å². The van der Waals surface area contributed by atoms with Crippen LogP contribution in [0.5, 0.6) is 5.75 Å². The number of hydrogen-bond donors (Lipinski definition) is 2. The molecule has 1 amide bonds. The van der Waals surface area contributed by atoms with E-state index in [-0.39, 0.29) is 41.5 Å². The molecule has 0 bridgehead atoms. The average Bonchev–Trinajstić information content (AvgIpc) is 3.36. The second-order valence-corrected chi connectivity index (χ2v) is 10.1.